The van der Waals surface area contributed by atoms with Gasteiger partial charge in [-0.1, -0.05) is 26.1 Å². The van der Waals surface area contributed by atoms with Gasteiger partial charge in [0.1, 0.15) is 0 Å². The zero-order valence-corrected chi connectivity index (χ0v) is 10.8. The van der Waals surface area contributed by atoms with Crippen LogP contribution in [0.2, 0.25) is 0 Å². The topological polar surface area (TPSA) is 63.4 Å². The highest BCUT2D eigenvalue weighted by Gasteiger charge is 2.50. The summed E-state index contributed by atoms with van der Waals surface area (Å²) in [6.45, 7) is 5.56. The first kappa shape index (κ1) is 13.1. The lowest BCUT2D eigenvalue weighted by molar-refractivity contribution is -0.142. The van der Waals surface area contributed by atoms with Gasteiger partial charge in [0.2, 0.25) is 11.8 Å². The lowest BCUT2D eigenvalue weighted by Crippen LogP contribution is -2.46. The van der Waals surface area contributed by atoms with Gasteiger partial charge in [0.05, 0.1) is 16.4 Å². The van der Waals surface area contributed by atoms with Crippen LogP contribution in [0.5, 0.6) is 0 Å². The molecule has 0 spiro atoms. The third kappa shape index (κ3) is 1.84. The highest BCUT2D eigenvalue weighted by molar-refractivity contribution is 7.80. The minimum Gasteiger partial charge on any atom is -0.392 e. The van der Waals surface area contributed by atoms with Gasteiger partial charge in [-0.05, 0) is 19.8 Å². The second-order valence-corrected chi connectivity index (χ2v) is 4.78. The number of likely N-dealkylation sites (tertiary alicyclic amines) is 1. The molecule has 4 nitrogen and oxygen atoms in total. The number of amides is 2. The fourth-order valence-corrected chi connectivity index (χ4v) is 2.25. The van der Waals surface area contributed by atoms with E-state index in [-0.39, 0.29) is 23.2 Å². The minimum absolute atomic E-state index is 0.122. The molecular weight excluding hydrogens is 224 g/mol. The van der Waals surface area contributed by atoms with Gasteiger partial charge in [0.25, 0.3) is 0 Å². The minimum atomic E-state index is -0.532. The predicted octanol–water partition coefficient (Wildman–Crippen LogP) is 1.23. The van der Waals surface area contributed by atoms with Crippen LogP contribution in [-0.2, 0) is 9.59 Å². The van der Waals surface area contributed by atoms with Gasteiger partial charge < -0.3 is 5.73 Å². The summed E-state index contributed by atoms with van der Waals surface area (Å²) in [5.74, 6) is -0.281. The van der Waals surface area contributed by atoms with Crippen LogP contribution >= 0.6 is 12.2 Å². The summed E-state index contributed by atoms with van der Waals surface area (Å²) in [6, 6.07) is -0.477. The number of hydrogen-bond donors (Lipinski definition) is 1. The summed E-state index contributed by atoms with van der Waals surface area (Å²) in [5.41, 5.74) is 4.97. The summed E-state index contributed by atoms with van der Waals surface area (Å²) in [6.07, 6.45) is 1.63. The number of nitrogens with two attached hydrogens (primary N) is 1. The van der Waals surface area contributed by atoms with Gasteiger partial charge >= 0.3 is 0 Å². The van der Waals surface area contributed by atoms with Crippen LogP contribution in [0.15, 0.2) is 0 Å². The average molecular weight is 242 g/mol. The maximum Gasteiger partial charge on any atom is 0.236 e. The number of nitrogens with zero attached hydrogens (tertiary/aromatic N) is 1. The molecule has 0 saturated carbocycles. The van der Waals surface area contributed by atoms with E-state index in [0.29, 0.717) is 12.8 Å². The normalized spacial score (nSPS) is 21.3. The molecule has 2 amide bonds. The molecule has 1 rings (SSSR count). The second kappa shape index (κ2) is 4.49. The Kier molecular flexibility index (Phi) is 3.68. The average Bonchev–Trinajstić information content (AvgIpc) is 2.50. The van der Waals surface area contributed by atoms with Gasteiger partial charge in [-0.2, -0.15) is 0 Å². The maximum absolute atomic E-state index is 12.2. The fourth-order valence-electron chi connectivity index (χ4n) is 2.14. The zero-order valence-electron chi connectivity index (χ0n) is 9.95. The highest BCUT2D eigenvalue weighted by Crippen LogP contribution is 2.39. The van der Waals surface area contributed by atoms with Crippen molar-refractivity contribution in [1.82, 2.24) is 4.90 Å². The highest BCUT2D eigenvalue weighted by atomic mass is 32.1. The SMILES string of the molecule is CCC1(CC)CC(=O)N(C(C)C(N)=S)C1=O. The van der Waals surface area contributed by atoms with Crippen molar-refractivity contribution in [3.05, 3.63) is 0 Å². The van der Waals surface area contributed by atoms with Crippen LogP contribution in [0.1, 0.15) is 40.0 Å². The van der Waals surface area contributed by atoms with E-state index in [1.165, 1.54) is 4.90 Å². The van der Waals surface area contributed by atoms with Crippen molar-refractivity contribution in [1.29, 1.82) is 0 Å². The molecule has 1 aliphatic rings. The number of imide groups is 1. The Morgan fingerprint density at radius 3 is 2.31 bits per heavy atom. The standard InChI is InChI=1S/C11H18N2O2S/c1-4-11(5-2)6-8(14)13(10(11)15)7(3)9(12)16/h7H,4-6H2,1-3H3,(H2,12,16). The van der Waals surface area contributed by atoms with Crippen molar-refractivity contribution in [3.63, 3.8) is 0 Å². The molecule has 90 valence electrons. The van der Waals surface area contributed by atoms with E-state index in [1.807, 2.05) is 13.8 Å². The van der Waals surface area contributed by atoms with Gasteiger partial charge in [-0.25, -0.2) is 0 Å². The van der Waals surface area contributed by atoms with Crippen molar-refractivity contribution in [2.45, 2.75) is 46.1 Å². The lowest BCUT2D eigenvalue weighted by Gasteiger charge is -2.26. The molecule has 1 fully saturated rings. The molecule has 0 bridgehead atoms. The molecule has 16 heavy (non-hydrogen) atoms. The molecule has 1 unspecified atom stereocenters. The third-order valence-corrected chi connectivity index (χ3v) is 3.92. The molecule has 0 radical (unpaired) electrons. The summed E-state index contributed by atoms with van der Waals surface area (Å²) >= 11 is 4.84. The summed E-state index contributed by atoms with van der Waals surface area (Å²) in [7, 11) is 0. The van der Waals surface area contributed by atoms with Crippen LogP contribution in [0.25, 0.3) is 0 Å². The van der Waals surface area contributed by atoms with E-state index in [1.54, 1.807) is 6.92 Å². The summed E-state index contributed by atoms with van der Waals surface area (Å²) in [4.78, 5) is 25.5. The smallest absolute Gasteiger partial charge is 0.236 e. The fraction of sp³-hybridized carbons (Fsp3) is 0.727. The second-order valence-electron chi connectivity index (χ2n) is 4.31. The predicted molar refractivity (Wildman–Crippen MR) is 65.7 cm³/mol. The Labute approximate surface area is 101 Å². The summed E-state index contributed by atoms with van der Waals surface area (Å²) in [5, 5.41) is 0. The Bertz CT molecular complexity index is 337. The molecule has 0 aromatic carbocycles. The maximum atomic E-state index is 12.2. The molecule has 0 aliphatic carbocycles. The van der Waals surface area contributed by atoms with E-state index < -0.39 is 11.5 Å². The Hall–Kier alpha value is -0.970. The zero-order chi connectivity index (χ0) is 12.5. The van der Waals surface area contributed by atoms with Crippen LogP contribution in [0.4, 0.5) is 0 Å². The number of carbonyl (C=O) groups is 2. The molecule has 1 saturated heterocycles. The van der Waals surface area contributed by atoms with E-state index in [0.717, 1.165) is 0 Å². The molecule has 1 aliphatic heterocycles. The summed E-state index contributed by atoms with van der Waals surface area (Å²) < 4.78 is 0. The van der Waals surface area contributed by atoms with Gasteiger partial charge in [0, 0.05) is 6.42 Å². The third-order valence-electron chi connectivity index (χ3n) is 3.58. The first-order valence-corrected chi connectivity index (χ1v) is 5.96. The van der Waals surface area contributed by atoms with Crippen molar-refractivity contribution < 1.29 is 9.59 Å². The number of thiocarbonyl (C=S) groups is 1. The van der Waals surface area contributed by atoms with Gasteiger partial charge in [0.15, 0.2) is 0 Å². The van der Waals surface area contributed by atoms with Crippen LogP contribution in [0, 0.1) is 5.41 Å². The van der Waals surface area contributed by atoms with E-state index in [9.17, 15) is 9.59 Å². The first-order chi connectivity index (χ1) is 7.39. The van der Waals surface area contributed by atoms with E-state index in [2.05, 4.69) is 0 Å². The van der Waals surface area contributed by atoms with Crippen molar-refractivity contribution in [3.8, 4) is 0 Å². The Morgan fingerprint density at radius 2 is 2.00 bits per heavy atom. The molecule has 1 atom stereocenters. The van der Waals surface area contributed by atoms with Crippen LogP contribution in [0.3, 0.4) is 0 Å². The van der Waals surface area contributed by atoms with Crippen molar-refractivity contribution in [2.24, 2.45) is 11.1 Å². The monoisotopic (exact) mass is 242 g/mol. The molecular formula is C11H18N2O2S. The molecule has 2 N–H and O–H groups in total. The van der Waals surface area contributed by atoms with Crippen molar-refractivity contribution in [2.75, 3.05) is 0 Å². The molecule has 5 heteroatoms. The van der Waals surface area contributed by atoms with Crippen LogP contribution in [-0.4, -0.2) is 27.7 Å². The largest absolute Gasteiger partial charge is 0.392 e. The van der Waals surface area contributed by atoms with Crippen LogP contribution < -0.4 is 5.73 Å². The molecule has 1 heterocycles. The van der Waals surface area contributed by atoms with Gasteiger partial charge in [-0.3, -0.25) is 14.5 Å². The number of hydrogen-bond acceptors (Lipinski definition) is 3. The molecule has 0 aromatic heterocycles. The van der Waals surface area contributed by atoms with E-state index in [4.69, 9.17) is 18.0 Å². The van der Waals surface area contributed by atoms with E-state index >= 15 is 0 Å². The Balaban J connectivity index is 3.04. The first-order valence-electron chi connectivity index (χ1n) is 5.55. The van der Waals surface area contributed by atoms with Crippen molar-refractivity contribution >= 4 is 29.0 Å². The molecule has 0 aromatic rings. The quantitative estimate of drug-likeness (QED) is 0.595. The lowest BCUT2D eigenvalue weighted by atomic mass is 9.81. The number of rotatable bonds is 4. The Morgan fingerprint density at radius 1 is 1.50 bits per heavy atom. The van der Waals surface area contributed by atoms with Gasteiger partial charge in [-0.15, -0.1) is 0 Å². The number of carbonyl (C=O) groups excluding carboxylic acids is 2.